The van der Waals surface area contributed by atoms with E-state index in [4.69, 9.17) is 9.47 Å². The van der Waals surface area contributed by atoms with E-state index in [1.165, 1.54) is 0 Å². The summed E-state index contributed by atoms with van der Waals surface area (Å²) in [7, 11) is 0. The topological polar surface area (TPSA) is 99.4 Å². The Morgan fingerprint density at radius 2 is 1.50 bits per heavy atom. The number of rotatable bonds is 7. The van der Waals surface area contributed by atoms with Gasteiger partial charge in [0.15, 0.2) is 0 Å². The summed E-state index contributed by atoms with van der Waals surface area (Å²) in [4.78, 5) is 0. The summed E-state index contributed by atoms with van der Waals surface area (Å²) in [5.74, 6) is -2.11. The van der Waals surface area contributed by atoms with Gasteiger partial charge in [-0.1, -0.05) is 60.7 Å². The third-order valence-electron chi connectivity index (χ3n) is 4.72. The lowest BCUT2D eigenvalue weighted by Gasteiger charge is -2.32. The zero-order valence-corrected chi connectivity index (χ0v) is 14.4. The molecule has 26 heavy (non-hydrogen) atoms. The van der Waals surface area contributed by atoms with Crippen LogP contribution in [0.1, 0.15) is 11.1 Å². The first-order valence-electron chi connectivity index (χ1n) is 8.55. The van der Waals surface area contributed by atoms with E-state index in [1.807, 2.05) is 48.5 Å². The molecule has 0 saturated carbocycles. The number of hydrogen-bond acceptors (Lipinski definition) is 6. The monoisotopic (exact) mass is 360 g/mol. The van der Waals surface area contributed by atoms with E-state index in [0.29, 0.717) is 0 Å². The summed E-state index contributed by atoms with van der Waals surface area (Å²) in [6.45, 7) is -0.655. The summed E-state index contributed by atoms with van der Waals surface area (Å²) < 4.78 is 10.9. The van der Waals surface area contributed by atoms with Crippen LogP contribution in [0, 0.1) is 0 Å². The molecule has 1 aliphatic heterocycles. The van der Waals surface area contributed by atoms with Gasteiger partial charge in [-0.05, 0) is 11.1 Å². The maximum atomic E-state index is 11.0. The van der Waals surface area contributed by atoms with Gasteiger partial charge in [-0.15, -0.1) is 0 Å². The van der Waals surface area contributed by atoms with Gasteiger partial charge in [0, 0.05) is 6.42 Å². The van der Waals surface area contributed by atoms with E-state index in [2.05, 4.69) is 0 Å². The summed E-state index contributed by atoms with van der Waals surface area (Å²) >= 11 is 0. The van der Waals surface area contributed by atoms with Crippen molar-refractivity contribution in [1.29, 1.82) is 0 Å². The highest BCUT2D eigenvalue weighted by atomic mass is 16.7. The average molecular weight is 360 g/mol. The van der Waals surface area contributed by atoms with Crippen LogP contribution in [0.25, 0.3) is 0 Å². The SMILES string of the molecule is OC[C@H]1O[C@](O)(COCc2ccccc2)[C@@H](O)[C@@]1(O)Cc1ccccc1. The molecule has 0 spiro atoms. The van der Waals surface area contributed by atoms with Crippen LogP contribution >= 0.6 is 0 Å². The molecule has 1 saturated heterocycles. The largest absolute Gasteiger partial charge is 0.394 e. The van der Waals surface area contributed by atoms with Gasteiger partial charge in [-0.2, -0.15) is 0 Å². The Morgan fingerprint density at radius 1 is 0.923 bits per heavy atom. The lowest BCUT2D eigenvalue weighted by Crippen LogP contribution is -2.55. The molecular weight excluding hydrogens is 336 g/mol. The van der Waals surface area contributed by atoms with Crippen molar-refractivity contribution in [3.05, 3.63) is 71.8 Å². The van der Waals surface area contributed by atoms with Crippen molar-refractivity contribution in [3.63, 3.8) is 0 Å². The Hall–Kier alpha value is -1.80. The van der Waals surface area contributed by atoms with Crippen LogP contribution in [0.5, 0.6) is 0 Å². The minimum Gasteiger partial charge on any atom is -0.394 e. The molecule has 1 heterocycles. The molecule has 6 heteroatoms. The quantitative estimate of drug-likeness (QED) is 0.578. The number of ether oxygens (including phenoxy) is 2. The fraction of sp³-hybridized carbons (Fsp3) is 0.400. The van der Waals surface area contributed by atoms with Crippen LogP contribution in [0.4, 0.5) is 0 Å². The molecule has 6 nitrogen and oxygen atoms in total. The van der Waals surface area contributed by atoms with Gasteiger partial charge in [-0.3, -0.25) is 0 Å². The highest BCUT2D eigenvalue weighted by molar-refractivity contribution is 5.21. The molecular formula is C20H24O6. The molecule has 0 bridgehead atoms. The first-order valence-corrected chi connectivity index (χ1v) is 8.55. The standard InChI is InChI=1S/C20H24O6/c21-12-17-19(23,11-15-7-3-1-4-8-15)18(22)20(24,26-17)14-25-13-16-9-5-2-6-10-16/h1-10,17-18,21-24H,11-14H2/t17-,18+,19-,20-/m1/s1. The maximum Gasteiger partial charge on any atom is 0.219 e. The first kappa shape index (κ1) is 19.0. The second kappa shape index (κ2) is 7.84. The second-order valence-corrected chi connectivity index (χ2v) is 6.67. The number of aliphatic hydroxyl groups excluding tert-OH is 2. The highest BCUT2D eigenvalue weighted by Crippen LogP contribution is 2.39. The zero-order chi connectivity index (χ0) is 18.6. The molecule has 1 aliphatic rings. The molecule has 2 aromatic rings. The predicted molar refractivity (Wildman–Crippen MR) is 94.1 cm³/mol. The predicted octanol–water partition coefficient (Wildman–Crippen LogP) is 0.618. The molecule has 2 aromatic carbocycles. The Bertz CT molecular complexity index is 694. The van der Waals surface area contributed by atoms with Crippen LogP contribution in [-0.4, -0.2) is 57.2 Å². The van der Waals surface area contributed by atoms with Crippen molar-refractivity contribution in [3.8, 4) is 0 Å². The van der Waals surface area contributed by atoms with Crippen LogP contribution in [0.3, 0.4) is 0 Å². The summed E-state index contributed by atoms with van der Waals surface area (Å²) in [5.41, 5.74) is -0.173. The van der Waals surface area contributed by atoms with Crippen molar-refractivity contribution in [1.82, 2.24) is 0 Å². The van der Waals surface area contributed by atoms with Crippen LogP contribution < -0.4 is 0 Å². The van der Waals surface area contributed by atoms with Gasteiger partial charge >= 0.3 is 0 Å². The minimum absolute atomic E-state index is 0.0290. The molecule has 0 aromatic heterocycles. The molecule has 0 amide bonds. The van der Waals surface area contributed by atoms with Gasteiger partial charge in [-0.25, -0.2) is 0 Å². The van der Waals surface area contributed by atoms with Gasteiger partial charge in [0.2, 0.25) is 5.79 Å². The minimum atomic E-state index is -2.11. The fourth-order valence-electron chi connectivity index (χ4n) is 3.31. The van der Waals surface area contributed by atoms with E-state index in [0.717, 1.165) is 11.1 Å². The number of hydrogen-bond donors (Lipinski definition) is 4. The van der Waals surface area contributed by atoms with E-state index >= 15 is 0 Å². The Kier molecular flexibility index (Phi) is 5.72. The lowest BCUT2D eigenvalue weighted by molar-refractivity contribution is -0.257. The molecule has 1 fully saturated rings. The van der Waals surface area contributed by atoms with E-state index in [1.54, 1.807) is 12.1 Å². The number of aliphatic hydroxyl groups is 4. The Labute approximate surface area is 152 Å². The van der Waals surface area contributed by atoms with Crippen LogP contribution in [0.2, 0.25) is 0 Å². The molecule has 3 rings (SSSR count). The van der Waals surface area contributed by atoms with Crippen molar-refractivity contribution in [2.45, 2.75) is 36.6 Å². The maximum absolute atomic E-state index is 11.0. The van der Waals surface area contributed by atoms with E-state index in [-0.39, 0.29) is 19.6 Å². The van der Waals surface area contributed by atoms with Gasteiger partial charge in [0.25, 0.3) is 0 Å². The summed E-state index contributed by atoms with van der Waals surface area (Å²) in [6.07, 6.45) is -2.74. The highest BCUT2D eigenvalue weighted by Gasteiger charge is 2.62. The lowest BCUT2D eigenvalue weighted by atomic mass is 9.83. The van der Waals surface area contributed by atoms with Crippen LogP contribution in [-0.2, 0) is 22.5 Å². The molecule has 0 aliphatic carbocycles. The van der Waals surface area contributed by atoms with Crippen molar-refractivity contribution in [2.75, 3.05) is 13.2 Å². The zero-order valence-electron chi connectivity index (χ0n) is 14.4. The third kappa shape index (κ3) is 3.81. The van der Waals surface area contributed by atoms with Gasteiger partial charge in [0.1, 0.15) is 24.4 Å². The van der Waals surface area contributed by atoms with Crippen molar-refractivity contribution in [2.24, 2.45) is 0 Å². The molecule has 0 radical (unpaired) electrons. The number of benzene rings is 2. The second-order valence-electron chi connectivity index (χ2n) is 6.67. The third-order valence-corrected chi connectivity index (χ3v) is 4.72. The van der Waals surface area contributed by atoms with E-state index < -0.39 is 30.2 Å². The molecule has 0 unspecified atom stereocenters. The molecule has 140 valence electrons. The smallest absolute Gasteiger partial charge is 0.219 e. The molecule has 4 atom stereocenters. The normalized spacial score (nSPS) is 31.2. The van der Waals surface area contributed by atoms with Crippen molar-refractivity contribution >= 4 is 0 Å². The average Bonchev–Trinajstić information content (AvgIpc) is 2.84. The fourth-order valence-corrected chi connectivity index (χ4v) is 3.31. The summed E-state index contributed by atoms with van der Waals surface area (Å²) in [6, 6.07) is 18.4. The Balaban J connectivity index is 1.70. The van der Waals surface area contributed by atoms with E-state index in [9.17, 15) is 20.4 Å². The Morgan fingerprint density at radius 3 is 2.08 bits per heavy atom. The van der Waals surface area contributed by atoms with Gasteiger partial charge in [0.05, 0.1) is 13.2 Å². The van der Waals surface area contributed by atoms with Crippen molar-refractivity contribution < 1.29 is 29.9 Å². The van der Waals surface area contributed by atoms with Crippen LogP contribution in [0.15, 0.2) is 60.7 Å². The summed E-state index contributed by atoms with van der Waals surface area (Å²) in [5, 5.41) is 41.9. The first-order chi connectivity index (χ1) is 12.5. The molecule has 4 N–H and O–H groups in total. The van der Waals surface area contributed by atoms with Gasteiger partial charge < -0.3 is 29.9 Å².